The Labute approximate surface area is 243 Å². The Morgan fingerprint density at radius 1 is 1.07 bits per heavy atom. The number of imidazole rings is 1. The van der Waals surface area contributed by atoms with Crippen molar-refractivity contribution in [2.45, 2.75) is 56.8 Å². The van der Waals surface area contributed by atoms with Crippen LogP contribution in [0.3, 0.4) is 0 Å². The Balaban J connectivity index is 1.13. The summed E-state index contributed by atoms with van der Waals surface area (Å²) in [5.41, 5.74) is 3.00. The van der Waals surface area contributed by atoms with Gasteiger partial charge in [0, 0.05) is 49.7 Å². The van der Waals surface area contributed by atoms with Gasteiger partial charge in [0.1, 0.15) is 23.9 Å². The number of anilines is 2. The molecule has 1 unspecified atom stereocenters. The van der Waals surface area contributed by atoms with E-state index in [-0.39, 0.29) is 22.3 Å². The molecule has 4 aromatic heterocycles. The van der Waals surface area contributed by atoms with E-state index in [1.165, 1.54) is 12.8 Å². The molecule has 11 nitrogen and oxygen atoms in total. The van der Waals surface area contributed by atoms with E-state index in [1.54, 1.807) is 24.0 Å². The number of carbonyl (C=O) groups is 1. The molecular weight excluding hydrogens is 569 g/mol. The lowest BCUT2D eigenvalue weighted by Crippen LogP contribution is -2.47. The second-order valence-corrected chi connectivity index (χ2v) is 11.9. The lowest BCUT2D eigenvalue weighted by molar-refractivity contribution is -0.162. The van der Waals surface area contributed by atoms with Crippen LogP contribution in [0, 0.1) is 0 Å². The van der Waals surface area contributed by atoms with Crippen LogP contribution in [-0.2, 0) is 0 Å². The highest BCUT2D eigenvalue weighted by Crippen LogP contribution is 2.40. The Morgan fingerprint density at radius 3 is 2.57 bits per heavy atom. The molecule has 1 saturated heterocycles. The summed E-state index contributed by atoms with van der Waals surface area (Å²) in [6.45, 7) is 4.76. The van der Waals surface area contributed by atoms with Crippen LogP contribution in [0.5, 0.6) is 0 Å². The molecule has 1 atom stereocenters. The van der Waals surface area contributed by atoms with Crippen molar-refractivity contribution in [1.29, 1.82) is 0 Å². The maximum Gasteiger partial charge on any atom is 0.408 e. The summed E-state index contributed by atoms with van der Waals surface area (Å²) in [6.07, 6.45) is 6.95. The van der Waals surface area contributed by atoms with E-state index in [0.29, 0.717) is 5.92 Å². The van der Waals surface area contributed by atoms with Crippen molar-refractivity contribution < 1.29 is 18.0 Å². The number of hydrogen-bond donors (Lipinski definition) is 1. The number of piperazine rings is 1. The molecule has 42 heavy (non-hydrogen) atoms. The summed E-state index contributed by atoms with van der Waals surface area (Å²) in [5, 5.41) is 12.0. The number of thiazole rings is 1. The van der Waals surface area contributed by atoms with Crippen molar-refractivity contribution >= 4 is 28.7 Å². The van der Waals surface area contributed by atoms with Gasteiger partial charge in [-0.2, -0.15) is 13.2 Å². The number of nitrogens with one attached hydrogen (secondary N) is 1. The summed E-state index contributed by atoms with van der Waals surface area (Å²) in [5.74, 6) is 0.177. The first kappa shape index (κ1) is 27.0. The van der Waals surface area contributed by atoms with Gasteiger partial charge < -0.3 is 14.8 Å². The smallest absolute Gasteiger partial charge is 0.366 e. The Bertz CT molecular complexity index is 1600. The van der Waals surface area contributed by atoms with E-state index in [4.69, 9.17) is 0 Å². The zero-order valence-corrected chi connectivity index (χ0v) is 23.6. The number of pyridine rings is 1. The van der Waals surface area contributed by atoms with Gasteiger partial charge in [-0.1, -0.05) is 0 Å². The zero-order chi connectivity index (χ0) is 29.0. The molecule has 1 aliphatic heterocycles. The minimum atomic E-state index is -4.47. The predicted molar refractivity (Wildman–Crippen MR) is 150 cm³/mol. The van der Waals surface area contributed by atoms with Crippen molar-refractivity contribution in [2.75, 3.05) is 36.4 Å². The molecule has 0 aromatic carbocycles. The van der Waals surface area contributed by atoms with Crippen LogP contribution in [0.2, 0.25) is 0 Å². The average molecular weight is 599 g/mol. The third-order valence-corrected chi connectivity index (χ3v) is 8.93. The second-order valence-electron chi connectivity index (χ2n) is 11.1. The van der Waals surface area contributed by atoms with Gasteiger partial charge in [-0.25, -0.2) is 15.0 Å². The maximum absolute atomic E-state index is 13.3. The van der Waals surface area contributed by atoms with Crippen molar-refractivity contribution in [3.63, 3.8) is 0 Å². The van der Waals surface area contributed by atoms with Crippen LogP contribution in [-0.4, -0.2) is 83.5 Å². The molecule has 1 N–H and O–H groups in total. The van der Waals surface area contributed by atoms with E-state index < -0.39 is 18.1 Å². The van der Waals surface area contributed by atoms with Crippen molar-refractivity contribution in [1.82, 2.24) is 39.2 Å². The number of amides is 1. The third-order valence-electron chi connectivity index (χ3n) is 8.09. The Morgan fingerprint density at radius 2 is 1.86 bits per heavy atom. The quantitative estimate of drug-likeness (QED) is 0.315. The Kier molecular flexibility index (Phi) is 6.72. The van der Waals surface area contributed by atoms with E-state index in [9.17, 15) is 18.0 Å². The summed E-state index contributed by atoms with van der Waals surface area (Å²) in [7, 11) is 0. The fourth-order valence-corrected chi connectivity index (χ4v) is 6.03. The minimum absolute atomic E-state index is 0.0246. The van der Waals surface area contributed by atoms with E-state index in [0.717, 1.165) is 91.3 Å². The maximum atomic E-state index is 13.3. The number of alkyl halides is 3. The van der Waals surface area contributed by atoms with Gasteiger partial charge in [0.25, 0.3) is 5.91 Å². The first-order valence-electron chi connectivity index (χ1n) is 14.0. The highest BCUT2D eigenvalue weighted by Gasteiger charge is 2.39. The van der Waals surface area contributed by atoms with E-state index in [1.807, 2.05) is 10.8 Å². The van der Waals surface area contributed by atoms with Crippen LogP contribution in [0.4, 0.5) is 24.7 Å². The number of nitrogens with zero attached hydrogens (tertiary/aromatic N) is 9. The molecule has 2 aliphatic carbocycles. The summed E-state index contributed by atoms with van der Waals surface area (Å²) < 4.78 is 42.8. The SMILES string of the molecule is CC(n1cnnc1-c1nc(NC(=O)c2cc(-n3cnc(C4CC4)c3)c(N3CCN(C4CC4)CC3)cn2)cs1)C(F)(F)F. The van der Waals surface area contributed by atoms with E-state index >= 15 is 0 Å². The second kappa shape index (κ2) is 10.5. The molecule has 2 saturated carbocycles. The van der Waals surface area contributed by atoms with Gasteiger partial charge in [-0.05, 0) is 38.7 Å². The molecule has 1 amide bonds. The average Bonchev–Trinajstić information content (AvgIpc) is 3.86. The van der Waals surface area contributed by atoms with Gasteiger partial charge in [0.15, 0.2) is 10.8 Å². The molecule has 0 bridgehead atoms. The van der Waals surface area contributed by atoms with Gasteiger partial charge in [-0.15, -0.1) is 21.5 Å². The highest BCUT2D eigenvalue weighted by molar-refractivity contribution is 7.13. The van der Waals surface area contributed by atoms with Crippen LogP contribution in [0.25, 0.3) is 16.5 Å². The fourth-order valence-electron chi connectivity index (χ4n) is 5.29. The Hall–Kier alpha value is -3.85. The van der Waals surface area contributed by atoms with Crippen molar-refractivity contribution in [2.24, 2.45) is 0 Å². The molecule has 4 aromatic rings. The highest BCUT2D eigenvalue weighted by atomic mass is 32.1. The number of carbonyl (C=O) groups excluding carboxylic acids is 1. The summed E-state index contributed by atoms with van der Waals surface area (Å²) >= 11 is 1.07. The fraction of sp³-hybridized carbons (Fsp3) is 0.481. The number of rotatable bonds is 8. The topological polar surface area (TPSA) is 110 Å². The summed E-state index contributed by atoms with van der Waals surface area (Å²) in [6, 6.07) is 0.651. The molecule has 3 aliphatic rings. The molecule has 0 radical (unpaired) electrons. The van der Waals surface area contributed by atoms with Crippen molar-refractivity contribution in [3.8, 4) is 16.5 Å². The normalized spacial score (nSPS) is 18.8. The summed E-state index contributed by atoms with van der Waals surface area (Å²) in [4.78, 5) is 31.6. The molecular formula is C27H29F3N10OS. The predicted octanol–water partition coefficient (Wildman–Crippen LogP) is 4.52. The van der Waals surface area contributed by atoms with Crippen LogP contribution in [0.15, 0.2) is 36.5 Å². The monoisotopic (exact) mass is 598 g/mol. The molecule has 0 spiro atoms. The van der Waals surface area contributed by atoms with Gasteiger partial charge in [0.05, 0.1) is 29.6 Å². The number of aromatic nitrogens is 7. The molecule has 3 fully saturated rings. The standard InChI is InChI=1S/C27H29F3N10OS/c1-16(27(28,29)30)40-15-33-36-24(40)26-35-23(13-42-26)34-25(41)19-10-21(39-12-20(32-14-39)17-2-3-17)22(11-31-19)38-8-6-37(7-9-38)18-4-5-18/h10-18H,2-9H2,1H3,(H,34,41). The van der Waals surface area contributed by atoms with Gasteiger partial charge >= 0.3 is 6.18 Å². The number of hydrogen-bond acceptors (Lipinski definition) is 9. The first-order chi connectivity index (χ1) is 20.2. The van der Waals surface area contributed by atoms with E-state index in [2.05, 4.69) is 40.3 Å². The third kappa shape index (κ3) is 5.38. The van der Waals surface area contributed by atoms with Crippen LogP contribution < -0.4 is 10.2 Å². The number of halogens is 3. The van der Waals surface area contributed by atoms with Crippen molar-refractivity contribution in [3.05, 3.63) is 47.9 Å². The van der Waals surface area contributed by atoms with Crippen LogP contribution >= 0.6 is 11.3 Å². The van der Waals surface area contributed by atoms with Gasteiger partial charge in [0.2, 0.25) is 0 Å². The lowest BCUT2D eigenvalue weighted by atomic mass is 10.2. The van der Waals surface area contributed by atoms with Gasteiger partial charge in [-0.3, -0.25) is 14.3 Å². The zero-order valence-electron chi connectivity index (χ0n) is 22.8. The largest absolute Gasteiger partial charge is 0.408 e. The first-order valence-corrected chi connectivity index (χ1v) is 14.9. The molecule has 7 rings (SSSR count). The minimum Gasteiger partial charge on any atom is -0.366 e. The molecule has 15 heteroatoms. The molecule has 5 heterocycles. The van der Waals surface area contributed by atoms with Crippen LogP contribution in [0.1, 0.15) is 60.7 Å². The molecule has 220 valence electrons. The lowest BCUT2D eigenvalue weighted by Gasteiger charge is -2.37.